The lowest BCUT2D eigenvalue weighted by Crippen LogP contribution is -2.37. The van der Waals surface area contributed by atoms with Crippen LogP contribution in [0.5, 0.6) is 5.75 Å². The van der Waals surface area contributed by atoms with Crippen LogP contribution in [-0.4, -0.2) is 54.3 Å². The van der Waals surface area contributed by atoms with Crippen LogP contribution in [0.1, 0.15) is 46.4 Å². The van der Waals surface area contributed by atoms with Gasteiger partial charge < -0.3 is 19.9 Å². The smallest absolute Gasteiger partial charge is 0.253 e. The van der Waals surface area contributed by atoms with E-state index in [0.29, 0.717) is 27.6 Å². The van der Waals surface area contributed by atoms with E-state index in [1.807, 2.05) is 42.2 Å². The summed E-state index contributed by atoms with van der Waals surface area (Å²) in [5.74, 6) is -0.179. The van der Waals surface area contributed by atoms with E-state index in [9.17, 15) is 14.4 Å². The number of amides is 3. The van der Waals surface area contributed by atoms with Crippen LogP contribution in [0, 0.1) is 6.92 Å². The van der Waals surface area contributed by atoms with E-state index >= 15 is 0 Å². The van der Waals surface area contributed by atoms with Gasteiger partial charge in [-0.25, -0.2) is 4.98 Å². The van der Waals surface area contributed by atoms with Crippen molar-refractivity contribution >= 4 is 63.6 Å². The number of aryl methyl sites for hydroxylation is 1. The van der Waals surface area contributed by atoms with E-state index in [4.69, 9.17) is 27.9 Å². The molecule has 3 aromatic carbocycles. The lowest BCUT2D eigenvalue weighted by atomic mass is 10.1. The van der Waals surface area contributed by atoms with Gasteiger partial charge in [-0.3, -0.25) is 14.4 Å². The maximum atomic E-state index is 13.0. The first-order valence-electron chi connectivity index (χ1n) is 14.8. The van der Waals surface area contributed by atoms with Gasteiger partial charge in [0.2, 0.25) is 11.8 Å². The summed E-state index contributed by atoms with van der Waals surface area (Å²) in [6.45, 7) is 3.32. The van der Waals surface area contributed by atoms with Gasteiger partial charge in [0.25, 0.3) is 5.91 Å². The van der Waals surface area contributed by atoms with E-state index in [1.54, 1.807) is 49.5 Å². The van der Waals surface area contributed by atoms with Gasteiger partial charge in [0.1, 0.15) is 17.9 Å². The van der Waals surface area contributed by atoms with Crippen molar-refractivity contribution in [3.8, 4) is 5.75 Å². The summed E-state index contributed by atoms with van der Waals surface area (Å²) < 4.78 is 6.09. The van der Waals surface area contributed by atoms with Gasteiger partial charge in [-0.15, -0.1) is 0 Å². The molecular formula is C35H34Cl2N4O4. The minimum Gasteiger partial charge on any atom is -0.487 e. The minimum absolute atomic E-state index is 0.0308. The average molecular weight is 646 g/mol. The first kappa shape index (κ1) is 32.0. The zero-order valence-electron chi connectivity index (χ0n) is 25.2. The molecule has 0 unspecified atom stereocenters. The molecule has 8 nitrogen and oxygen atoms in total. The fraction of sp³-hybridized carbons (Fsp3) is 0.257. The lowest BCUT2D eigenvalue weighted by molar-refractivity contribution is -0.122. The Labute approximate surface area is 272 Å². The number of carbonyl (C=O) groups is 3. The van der Waals surface area contributed by atoms with Gasteiger partial charge in [0.05, 0.1) is 17.3 Å². The zero-order chi connectivity index (χ0) is 31.9. The molecule has 1 fully saturated rings. The van der Waals surface area contributed by atoms with Crippen molar-refractivity contribution in [3.63, 3.8) is 0 Å². The van der Waals surface area contributed by atoms with Gasteiger partial charge in [-0.1, -0.05) is 53.5 Å². The molecule has 1 aliphatic heterocycles. The molecule has 0 aliphatic carbocycles. The molecule has 1 aromatic heterocycles. The monoisotopic (exact) mass is 644 g/mol. The van der Waals surface area contributed by atoms with Crippen molar-refractivity contribution in [1.29, 1.82) is 0 Å². The summed E-state index contributed by atoms with van der Waals surface area (Å²) in [7, 11) is 1.58. The molecule has 0 spiro atoms. The van der Waals surface area contributed by atoms with Crippen LogP contribution < -0.4 is 15.0 Å². The van der Waals surface area contributed by atoms with Crippen LogP contribution in [0.25, 0.3) is 17.0 Å². The summed E-state index contributed by atoms with van der Waals surface area (Å²) in [6, 6.07) is 20.0. The summed E-state index contributed by atoms with van der Waals surface area (Å²) in [4.78, 5) is 46.0. The highest BCUT2D eigenvalue weighted by atomic mass is 35.5. The predicted octanol–water partition coefficient (Wildman–Crippen LogP) is 6.85. The number of pyridine rings is 1. The number of likely N-dealkylation sites (N-methyl/N-ethyl adjacent to an activating group) is 1. The van der Waals surface area contributed by atoms with Crippen molar-refractivity contribution in [1.82, 2.24) is 15.2 Å². The number of fused-ring (bicyclic) bond motifs is 1. The third-order valence-electron chi connectivity index (χ3n) is 7.74. The van der Waals surface area contributed by atoms with Gasteiger partial charge in [-0.05, 0) is 74.2 Å². The number of rotatable bonds is 9. The third-order valence-corrected chi connectivity index (χ3v) is 8.51. The number of ether oxygens (including phenoxy) is 1. The minimum atomic E-state index is -0.430. The fourth-order valence-electron chi connectivity index (χ4n) is 5.12. The highest BCUT2D eigenvalue weighted by Crippen LogP contribution is 2.35. The van der Waals surface area contributed by atoms with Crippen molar-refractivity contribution in [2.75, 3.05) is 31.6 Å². The Morgan fingerprint density at radius 3 is 2.49 bits per heavy atom. The maximum Gasteiger partial charge on any atom is 0.253 e. The second-order valence-corrected chi connectivity index (χ2v) is 11.7. The summed E-state index contributed by atoms with van der Waals surface area (Å²) in [6.07, 6.45) is 6.21. The molecule has 0 saturated carbocycles. The molecule has 0 radical (unpaired) electrons. The predicted molar refractivity (Wildman–Crippen MR) is 179 cm³/mol. The van der Waals surface area contributed by atoms with Gasteiger partial charge in [-0.2, -0.15) is 0 Å². The maximum absolute atomic E-state index is 13.0. The zero-order valence-corrected chi connectivity index (χ0v) is 26.7. The van der Waals surface area contributed by atoms with Crippen LogP contribution in [0.2, 0.25) is 10.0 Å². The molecule has 4 aromatic rings. The van der Waals surface area contributed by atoms with E-state index in [-0.39, 0.29) is 30.0 Å². The Morgan fingerprint density at radius 2 is 1.73 bits per heavy atom. The standard InChI is InChI=1S/C35H34Cl2N4O4/c1-23-9-13-25-7-6-8-30(34(25)39-23)45-22-27-28(36)16-17-29(33(27)37)40(2)32(43)21-38-31(42)18-12-24-10-14-26(15-11-24)35(44)41-19-4-3-5-20-41/h6-18H,3-5,19-22H2,1-2H3,(H,38,42)/b18-12+. The molecule has 10 heteroatoms. The summed E-state index contributed by atoms with van der Waals surface area (Å²) in [5.41, 5.74) is 3.95. The Kier molecular flexibility index (Phi) is 10.4. The van der Waals surface area contributed by atoms with Crippen LogP contribution in [-0.2, 0) is 16.2 Å². The van der Waals surface area contributed by atoms with E-state index in [2.05, 4.69) is 10.3 Å². The molecule has 5 rings (SSSR count). The topological polar surface area (TPSA) is 91.8 Å². The van der Waals surface area contributed by atoms with Gasteiger partial charge in [0, 0.05) is 53.4 Å². The molecule has 0 atom stereocenters. The molecule has 1 saturated heterocycles. The lowest BCUT2D eigenvalue weighted by Gasteiger charge is -2.26. The Bertz CT molecular complexity index is 1750. The number of nitrogens with one attached hydrogen (secondary N) is 1. The first-order chi connectivity index (χ1) is 21.7. The number of carbonyl (C=O) groups excluding carboxylic acids is 3. The van der Waals surface area contributed by atoms with Crippen molar-refractivity contribution in [2.24, 2.45) is 0 Å². The molecule has 1 N–H and O–H groups in total. The highest BCUT2D eigenvalue weighted by Gasteiger charge is 2.20. The number of aromatic nitrogens is 1. The molecule has 3 amide bonds. The summed E-state index contributed by atoms with van der Waals surface area (Å²) >= 11 is 13.2. The van der Waals surface area contributed by atoms with Crippen LogP contribution in [0.3, 0.4) is 0 Å². The Morgan fingerprint density at radius 1 is 0.978 bits per heavy atom. The average Bonchev–Trinajstić information content (AvgIpc) is 3.06. The molecule has 2 heterocycles. The molecule has 232 valence electrons. The number of halogens is 2. The Hall–Kier alpha value is -4.40. The first-order valence-corrected chi connectivity index (χ1v) is 15.5. The van der Waals surface area contributed by atoms with E-state index in [1.165, 1.54) is 11.0 Å². The second-order valence-electron chi connectivity index (χ2n) is 10.9. The third kappa shape index (κ3) is 7.82. The fourth-order valence-corrected chi connectivity index (χ4v) is 5.73. The number of benzene rings is 3. The van der Waals surface area contributed by atoms with Crippen molar-refractivity contribution in [2.45, 2.75) is 32.8 Å². The number of piperidine rings is 1. The van der Waals surface area contributed by atoms with Crippen molar-refractivity contribution in [3.05, 3.63) is 105 Å². The normalized spacial score (nSPS) is 13.2. The molecule has 1 aliphatic rings. The number of anilines is 1. The molecular weight excluding hydrogens is 611 g/mol. The van der Waals surface area contributed by atoms with Crippen LogP contribution >= 0.6 is 23.2 Å². The van der Waals surface area contributed by atoms with E-state index < -0.39 is 5.91 Å². The SMILES string of the molecule is Cc1ccc2cccc(OCc3c(Cl)ccc(N(C)C(=O)CNC(=O)/C=C/c4ccc(C(=O)N5CCCCC5)cc4)c3Cl)c2n1. The number of hydrogen-bond acceptors (Lipinski definition) is 5. The number of hydrogen-bond donors (Lipinski definition) is 1. The van der Waals surface area contributed by atoms with Gasteiger partial charge in [0.15, 0.2) is 0 Å². The van der Waals surface area contributed by atoms with Crippen LogP contribution in [0.15, 0.2) is 72.8 Å². The second kappa shape index (κ2) is 14.6. The van der Waals surface area contributed by atoms with Crippen LogP contribution in [0.4, 0.5) is 5.69 Å². The number of para-hydroxylation sites is 1. The summed E-state index contributed by atoms with van der Waals surface area (Å²) in [5, 5.41) is 4.23. The number of likely N-dealkylation sites (tertiary alicyclic amines) is 1. The van der Waals surface area contributed by atoms with Gasteiger partial charge >= 0.3 is 0 Å². The highest BCUT2D eigenvalue weighted by molar-refractivity contribution is 6.38. The molecule has 45 heavy (non-hydrogen) atoms. The quantitative estimate of drug-likeness (QED) is 0.201. The molecule has 0 bridgehead atoms. The largest absolute Gasteiger partial charge is 0.487 e. The van der Waals surface area contributed by atoms with E-state index in [0.717, 1.165) is 54.5 Å². The number of nitrogens with zero attached hydrogens (tertiary/aromatic N) is 3. The van der Waals surface area contributed by atoms with Crippen molar-refractivity contribution < 1.29 is 19.1 Å². The Balaban J connectivity index is 1.17.